The first kappa shape index (κ1) is 13.1. The van der Waals surface area contributed by atoms with E-state index in [0.717, 1.165) is 22.7 Å². The number of ether oxygens (including phenoxy) is 1. The van der Waals surface area contributed by atoms with Gasteiger partial charge in [0, 0.05) is 18.6 Å². The third-order valence-corrected chi connectivity index (χ3v) is 4.22. The maximum Gasteiger partial charge on any atom is 0.229 e. The van der Waals surface area contributed by atoms with E-state index in [-0.39, 0.29) is 11.8 Å². The zero-order valence-corrected chi connectivity index (χ0v) is 12.1. The minimum atomic E-state index is -0.102. The lowest BCUT2D eigenvalue weighted by Gasteiger charge is -2.27. The molecule has 104 valence electrons. The van der Waals surface area contributed by atoms with Crippen molar-refractivity contribution in [1.29, 1.82) is 0 Å². The molecule has 1 aromatic heterocycles. The molecule has 0 saturated carbocycles. The van der Waals surface area contributed by atoms with Gasteiger partial charge in [-0.3, -0.25) is 4.79 Å². The molecule has 3 rings (SSSR count). The van der Waals surface area contributed by atoms with E-state index in [1.54, 1.807) is 22.4 Å². The summed E-state index contributed by atoms with van der Waals surface area (Å²) in [6.45, 7) is 1.02. The first-order valence-electron chi connectivity index (χ1n) is 6.58. The van der Waals surface area contributed by atoms with Crippen LogP contribution in [0.25, 0.3) is 0 Å². The molecule has 1 amide bonds. The number of nitrogens with zero attached hydrogens (tertiary/aromatic N) is 2. The van der Waals surface area contributed by atoms with Crippen molar-refractivity contribution in [3.8, 4) is 5.75 Å². The van der Waals surface area contributed by atoms with Crippen LogP contribution in [0, 0.1) is 5.92 Å². The van der Waals surface area contributed by atoms with Crippen molar-refractivity contribution in [3.05, 3.63) is 46.4 Å². The van der Waals surface area contributed by atoms with Gasteiger partial charge in [0.25, 0.3) is 0 Å². The van der Waals surface area contributed by atoms with Gasteiger partial charge >= 0.3 is 0 Å². The summed E-state index contributed by atoms with van der Waals surface area (Å²) in [6.07, 6.45) is 2.51. The summed E-state index contributed by atoms with van der Waals surface area (Å²) in [5.74, 6) is 0.920. The van der Waals surface area contributed by atoms with Crippen molar-refractivity contribution in [2.75, 3.05) is 13.7 Å². The molecule has 1 aromatic carbocycles. The van der Waals surface area contributed by atoms with E-state index in [9.17, 15) is 4.79 Å². The SMILES string of the molecule is CN(Cc1nccs1)C(=O)[C@@H]1COc2ccccc2C1. The molecule has 0 spiro atoms. The van der Waals surface area contributed by atoms with Crippen LogP contribution in [0.1, 0.15) is 10.6 Å². The summed E-state index contributed by atoms with van der Waals surface area (Å²) < 4.78 is 5.68. The minimum absolute atomic E-state index is 0.102. The number of thiazole rings is 1. The fraction of sp³-hybridized carbons (Fsp3) is 0.333. The topological polar surface area (TPSA) is 42.4 Å². The van der Waals surface area contributed by atoms with E-state index < -0.39 is 0 Å². The highest BCUT2D eigenvalue weighted by Gasteiger charge is 2.28. The lowest BCUT2D eigenvalue weighted by molar-refractivity contribution is -0.136. The number of carbonyl (C=O) groups is 1. The third kappa shape index (κ3) is 2.67. The quantitative estimate of drug-likeness (QED) is 0.870. The average molecular weight is 288 g/mol. The molecule has 2 heterocycles. The maximum absolute atomic E-state index is 12.5. The van der Waals surface area contributed by atoms with Crippen molar-refractivity contribution in [3.63, 3.8) is 0 Å². The second-order valence-electron chi connectivity index (χ2n) is 4.94. The van der Waals surface area contributed by atoms with E-state index in [1.807, 2.05) is 36.7 Å². The van der Waals surface area contributed by atoms with Gasteiger partial charge in [-0.1, -0.05) is 18.2 Å². The predicted octanol–water partition coefficient (Wildman–Crippen LogP) is 2.35. The van der Waals surface area contributed by atoms with E-state index >= 15 is 0 Å². The van der Waals surface area contributed by atoms with Gasteiger partial charge in [-0.2, -0.15) is 0 Å². The molecule has 0 saturated heterocycles. The Balaban J connectivity index is 1.66. The second kappa shape index (κ2) is 5.63. The van der Waals surface area contributed by atoms with Crippen LogP contribution in [0.15, 0.2) is 35.8 Å². The molecule has 20 heavy (non-hydrogen) atoms. The Bertz CT molecular complexity index is 598. The molecule has 4 nitrogen and oxygen atoms in total. The van der Waals surface area contributed by atoms with Crippen molar-refractivity contribution < 1.29 is 9.53 Å². The molecule has 0 fully saturated rings. The van der Waals surface area contributed by atoms with E-state index in [4.69, 9.17) is 4.74 Å². The Hall–Kier alpha value is -1.88. The van der Waals surface area contributed by atoms with Crippen molar-refractivity contribution in [1.82, 2.24) is 9.88 Å². The van der Waals surface area contributed by atoms with Crippen molar-refractivity contribution in [2.24, 2.45) is 5.92 Å². The summed E-state index contributed by atoms with van der Waals surface area (Å²) in [6, 6.07) is 7.91. The third-order valence-electron chi connectivity index (χ3n) is 3.46. The number of benzene rings is 1. The van der Waals surface area contributed by atoms with E-state index in [1.165, 1.54) is 0 Å². The molecule has 0 N–H and O–H groups in total. The van der Waals surface area contributed by atoms with Crippen LogP contribution in [-0.2, 0) is 17.8 Å². The normalized spacial score (nSPS) is 17.1. The molecule has 1 aliphatic heterocycles. The Kier molecular flexibility index (Phi) is 3.69. The lowest BCUT2D eigenvalue weighted by atomic mass is 9.95. The zero-order valence-electron chi connectivity index (χ0n) is 11.3. The summed E-state index contributed by atoms with van der Waals surface area (Å²) in [5.41, 5.74) is 1.11. The van der Waals surface area contributed by atoms with Crippen LogP contribution in [0.2, 0.25) is 0 Å². The van der Waals surface area contributed by atoms with Gasteiger partial charge in [-0.25, -0.2) is 4.98 Å². The maximum atomic E-state index is 12.5. The standard InChI is InChI=1S/C15H16N2O2S/c1-17(9-14-16-6-7-20-14)15(18)12-8-11-4-2-3-5-13(11)19-10-12/h2-7,12H,8-10H2,1H3/t12-/m0/s1. The van der Waals surface area contributed by atoms with Crippen molar-refractivity contribution >= 4 is 17.2 Å². The van der Waals surface area contributed by atoms with Gasteiger partial charge in [0.15, 0.2) is 0 Å². The van der Waals surface area contributed by atoms with Crippen LogP contribution in [0.5, 0.6) is 5.75 Å². The van der Waals surface area contributed by atoms with Crippen LogP contribution in [-0.4, -0.2) is 29.4 Å². The predicted molar refractivity (Wildman–Crippen MR) is 77.7 cm³/mol. The van der Waals surface area contributed by atoms with Gasteiger partial charge in [-0.05, 0) is 18.1 Å². The van der Waals surface area contributed by atoms with Gasteiger partial charge in [0.1, 0.15) is 17.4 Å². The average Bonchev–Trinajstić information content (AvgIpc) is 2.99. The highest BCUT2D eigenvalue weighted by atomic mass is 32.1. The fourth-order valence-electron chi connectivity index (χ4n) is 2.41. The van der Waals surface area contributed by atoms with Gasteiger partial charge in [-0.15, -0.1) is 11.3 Å². The van der Waals surface area contributed by atoms with Gasteiger partial charge in [0.05, 0.1) is 12.5 Å². The number of aromatic nitrogens is 1. The number of rotatable bonds is 3. The molecule has 5 heteroatoms. The number of hydrogen-bond acceptors (Lipinski definition) is 4. The summed E-state index contributed by atoms with van der Waals surface area (Å²) in [5, 5.41) is 2.88. The van der Waals surface area contributed by atoms with Crippen molar-refractivity contribution in [2.45, 2.75) is 13.0 Å². The molecule has 0 aliphatic carbocycles. The number of carbonyl (C=O) groups excluding carboxylic acids is 1. The summed E-state index contributed by atoms with van der Waals surface area (Å²) >= 11 is 1.57. The molecule has 0 bridgehead atoms. The molecule has 1 atom stereocenters. The minimum Gasteiger partial charge on any atom is -0.492 e. The molecule has 1 aliphatic rings. The van der Waals surface area contributed by atoms with E-state index in [2.05, 4.69) is 4.98 Å². The van der Waals surface area contributed by atoms with Crippen LogP contribution < -0.4 is 4.74 Å². The Morgan fingerprint density at radius 1 is 1.50 bits per heavy atom. The summed E-state index contributed by atoms with van der Waals surface area (Å²) in [4.78, 5) is 18.4. The van der Waals surface area contributed by atoms with Crippen LogP contribution in [0.4, 0.5) is 0 Å². The van der Waals surface area contributed by atoms with Gasteiger partial charge in [0.2, 0.25) is 5.91 Å². The Morgan fingerprint density at radius 3 is 3.15 bits per heavy atom. The molecular formula is C15H16N2O2S. The second-order valence-corrected chi connectivity index (χ2v) is 5.92. The smallest absolute Gasteiger partial charge is 0.229 e. The monoisotopic (exact) mass is 288 g/mol. The first-order valence-corrected chi connectivity index (χ1v) is 7.46. The van der Waals surface area contributed by atoms with Gasteiger partial charge < -0.3 is 9.64 Å². The highest BCUT2D eigenvalue weighted by molar-refractivity contribution is 7.09. The fourth-order valence-corrected chi connectivity index (χ4v) is 3.08. The Morgan fingerprint density at radius 2 is 2.35 bits per heavy atom. The molecule has 0 unspecified atom stereocenters. The number of hydrogen-bond donors (Lipinski definition) is 0. The molecule has 0 radical (unpaired) electrons. The number of para-hydroxylation sites is 1. The number of fused-ring (bicyclic) bond motifs is 1. The highest BCUT2D eigenvalue weighted by Crippen LogP contribution is 2.27. The Labute approximate surface area is 122 Å². The molecular weight excluding hydrogens is 272 g/mol. The largest absolute Gasteiger partial charge is 0.492 e. The zero-order chi connectivity index (χ0) is 13.9. The van der Waals surface area contributed by atoms with E-state index in [0.29, 0.717) is 13.2 Å². The van der Waals surface area contributed by atoms with Crippen LogP contribution >= 0.6 is 11.3 Å². The summed E-state index contributed by atoms with van der Waals surface area (Å²) in [7, 11) is 1.82. The van der Waals surface area contributed by atoms with Crippen LogP contribution in [0.3, 0.4) is 0 Å². The number of amides is 1. The lowest BCUT2D eigenvalue weighted by Crippen LogP contribution is -2.38. The first-order chi connectivity index (χ1) is 9.74. The molecule has 2 aromatic rings.